The molecule has 1 aromatic carbocycles. The fraction of sp³-hybridized carbons (Fsp3) is 0.619. The number of hydrogen-bond acceptors (Lipinski definition) is 5. The molecule has 0 saturated heterocycles. The number of carbonyl (C=O) groups excluding carboxylic acids is 2. The zero-order chi connectivity index (χ0) is 19.2. The van der Waals surface area contributed by atoms with Crippen LogP contribution in [0.25, 0.3) is 0 Å². The third-order valence-corrected chi connectivity index (χ3v) is 8.57. The van der Waals surface area contributed by atoms with Crippen LogP contribution in [-0.4, -0.2) is 32.5 Å². The molecule has 6 heteroatoms. The zero-order valence-electron chi connectivity index (χ0n) is 15.6. The minimum absolute atomic E-state index is 0.0117. The Bertz CT molecular complexity index is 835. The van der Waals surface area contributed by atoms with Gasteiger partial charge in [-0.05, 0) is 68.4 Å². The summed E-state index contributed by atoms with van der Waals surface area (Å²) in [6.07, 6.45) is 6.51. The highest BCUT2D eigenvalue weighted by atomic mass is 32.2. The molecular weight excluding hydrogens is 364 g/mol. The Hall–Kier alpha value is -1.69. The first-order chi connectivity index (χ1) is 12.8. The number of benzene rings is 1. The van der Waals surface area contributed by atoms with Crippen LogP contribution in [-0.2, 0) is 19.4 Å². The van der Waals surface area contributed by atoms with Crippen LogP contribution in [0.15, 0.2) is 29.2 Å². The van der Waals surface area contributed by atoms with Gasteiger partial charge < -0.3 is 4.74 Å². The van der Waals surface area contributed by atoms with Crippen molar-refractivity contribution in [1.82, 2.24) is 0 Å². The fourth-order valence-electron chi connectivity index (χ4n) is 5.88. The number of hydrogen-bond donors (Lipinski definition) is 0. The number of esters is 1. The lowest BCUT2D eigenvalue weighted by molar-refractivity contribution is -0.147. The predicted octanol–water partition coefficient (Wildman–Crippen LogP) is 3.42. The summed E-state index contributed by atoms with van der Waals surface area (Å²) in [4.78, 5) is 25.5. The number of rotatable bonds is 6. The van der Waals surface area contributed by atoms with Gasteiger partial charge in [0.1, 0.15) is 0 Å². The zero-order valence-corrected chi connectivity index (χ0v) is 16.5. The number of sulfone groups is 1. The second-order valence-electron chi connectivity index (χ2n) is 8.60. The van der Waals surface area contributed by atoms with Gasteiger partial charge in [-0.15, -0.1) is 0 Å². The number of Topliss-reactive ketones (excluding diaryl/α,β-unsaturated/α-hetero) is 1. The van der Waals surface area contributed by atoms with E-state index in [2.05, 4.69) is 0 Å². The second-order valence-corrected chi connectivity index (χ2v) is 10.8. The van der Waals surface area contributed by atoms with Crippen LogP contribution in [0.3, 0.4) is 0 Å². The molecule has 4 aliphatic carbocycles. The van der Waals surface area contributed by atoms with E-state index in [1.54, 1.807) is 12.1 Å². The monoisotopic (exact) mass is 390 g/mol. The van der Waals surface area contributed by atoms with Gasteiger partial charge >= 0.3 is 5.97 Å². The smallest absolute Gasteiger partial charge is 0.339 e. The first kappa shape index (κ1) is 18.7. The molecule has 146 valence electrons. The summed E-state index contributed by atoms with van der Waals surface area (Å²) in [6, 6.07) is 6.04. The van der Waals surface area contributed by atoms with Gasteiger partial charge in [0, 0.05) is 5.41 Å². The SMILES string of the molecule is CCS(=O)(=O)c1ccccc1C(=O)OCC(=O)C12CC3CC(CC(C3)C1)C2. The largest absolute Gasteiger partial charge is 0.454 e. The van der Waals surface area contributed by atoms with Crippen molar-refractivity contribution in [2.75, 3.05) is 12.4 Å². The van der Waals surface area contributed by atoms with E-state index >= 15 is 0 Å². The molecule has 0 amide bonds. The van der Waals surface area contributed by atoms with Gasteiger partial charge in [0.2, 0.25) is 0 Å². The van der Waals surface area contributed by atoms with Gasteiger partial charge in [0.25, 0.3) is 0 Å². The van der Waals surface area contributed by atoms with Gasteiger partial charge in [-0.3, -0.25) is 4.79 Å². The fourth-order valence-corrected chi connectivity index (χ4v) is 6.96. The average Bonchev–Trinajstić information content (AvgIpc) is 2.64. The molecule has 0 aliphatic heterocycles. The molecule has 0 atom stereocenters. The van der Waals surface area contributed by atoms with Crippen LogP contribution in [0.1, 0.15) is 55.8 Å². The molecule has 0 unspecified atom stereocenters. The van der Waals surface area contributed by atoms with E-state index < -0.39 is 15.8 Å². The Morgan fingerprint density at radius 1 is 1.04 bits per heavy atom. The molecule has 5 nitrogen and oxygen atoms in total. The molecule has 1 aromatic rings. The molecule has 27 heavy (non-hydrogen) atoms. The molecular formula is C21H26O5S. The summed E-state index contributed by atoms with van der Waals surface area (Å²) < 4.78 is 29.7. The van der Waals surface area contributed by atoms with E-state index in [0.29, 0.717) is 17.8 Å². The van der Waals surface area contributed by atoms with Crippen molar-refractivity contribution in [3.8, 4) is 0 Å². The summed E-state index contributed by atoms with van der Waals surface area (Å²) in [5, 5.41) is 0. The van der Waals surface area contributed by atoms with Crippen LogP contribution in [0.2, 0.25) is 0 Å². The summed E-state index contributed by atoms with van der Waals surface area (Å²) in [5.74, 6) is 1.12. The maximum absolute atomic E-state index is 13.0. The van der Waals surface area contributed by atoms with Crippen molar-refractivity contribution in [2.45, 2.75) is 50.3 Å². The lowest BCUT2D eigenvalue weighted by Gasteiger charge is -2.55. The van der Waals surface area contributed by atoms with Gasteiger partial charge in [0.05, 0.1) is 16.2 Å². The van der Waals surface area contributed by atoms with Crippen molar-refractivity contribution in [3.05, 3.63) is 29.8 Å². The van der Waals surface area contributed by atoms with Crippen LogP contribution in [0.5, 0.6) is 0 Å². The molecule has 0 aromatic heterocycles. The average molecular weight is 391 g/mol. The first-order valence-electron chi connectivity index (χ1n) is 9.85. The second kappa shape index (κ2) is 6.73. The molecule has 0 radical (unpaired) electrons. The van der Waals surface area contributed by atoms with Crippen LogP contribution in [0, 0.1) is 23.2 Å². The van der Waals surface area contributed by atoms with E-state index in [1.165, 1.54) is 38.3 Å². The van der Waals surface area contributed by atoms with Gasteiger partial charge in [-0.2, -0.15) is 0 Å². The highest BCUT2D eigenvalue weighted by Gasteiger charge is 2.54. The molecule has 4 aliphatic rings. The number of carbonyl (C=O) groups is 2. The molecule has 0 heterocycles. The summed E-state index contributed by atoms with van der Waals surface area (Å²) in [7, 11) is -3.54. The lowest BCUT2D eigenvalue weighted by Crippen LogP contribution is -2.51. The van der Waals surface area contributed by atoms with E-state index in [-0.39, 0.29) is 34.0 Å². The lowest BCUT2D eigenvalue weighted by atomic mass is 9.48. The Morgan fingerprint density at radius 3 is 2.15 bits per heavy atom. The molecule has 4 fully saturated rings. The van der Waals surface area contributed by atoms with Gasteiger partial charge in [-0.1, -0.05) is 19.1 Å². The Morgan fingerprint density at radius 2 is 1.59 bits per heavy atom. The summed E-state index contributed by atoms with van der Waals surface area (Å²) in [5.41, 5.74) is -0.304. The minimum Gasteiger partial charge on any atom is -0.454 e. The Balaban J connectivity index is 1.47. The van der Waals surface area contributed by atoms with Crippen molar-refractivity contribution in [3.63, 3.8) is 0 Å². The molecule has 4 bridgehead atoms. The Labute approximate surface area is 160 Å². The number of ketones is 1. The van der Waals surface area contributed by atoms with E-state index in [9.17, 15) is 18.0 Å². The van der Waals surface area contributed by atoms with E-state index in [1.807, 2.05) is 0 Å². The maximum atomic E-state index is 13.0. The van der Waals surface area contributed by atoms with E-state index in [4.69, 9.17) is 4.74 Å². The molecule has 0 spiro atoms. The van der Waals surface area contributed by atoms with Crippen molar-refractivity contribution >= 4 is 21.6 Å². The summed E-state index contributed by atoms with van der Waals surface area (Å²) in [6.45, 7) is 1.28. The molecule has 4 saturated carbocycles. The third kappa shape index (κ3) is 3.33. The minimum atomic E-state index is -3.54. The van der Waals surface area contributed by atoms with Crippen molar-refractivity contribution in [1.29, 1.82) is 0 Å². The van der Waals surface area contributed by atoms with Crippen LogP contribution >= 0.6 is 0 Å². The van der Waals surface area contributed by atoms with E-state index in [0.717, 1.165) is 19.3 Å². The van der Waals surface area contributed by atoms with Crippen LogP contribution in [0.4, 0.5) is 0 Å². The maximum Gasteiger partial charge on any atom is 0.339 e. The predicted molar refractivity (Wildman–Crippen MR) is 100 cm³/mol. The van der Waals surface area contributed by atoms with Gasteiger partial charge in [0.15, 0.2) is 22.2 Å². The standard InChI is InChI=1S/C21H26O5S/c1-2-27(24,25)18-6-4-3-5-17(18)20(23)26-13-19(22)21-10-14-7-15(11-21)9-16(8-14)12-21/h3-6,14-16H,2,7-13H2,1H3. The normalized spacial score (nSPS) is 31.7. The molecule has 5 rings (SSSR count). The third-order valence-electron chi connectivity index (χ3n) is 6.79. The van der Waals surface area contributed by atoms with Crippen molar-refractivity contribution in [2.24, 2.45) is 23.2 Å². The van der Waals surface area contributed by atoms with Crippen LogP contribution < -0.4 is 0 Å². The summed E-state index contributed by atoms with van der Waals surface area (Å²) >= 11 is 0. The Kier molecular flexibility index (Phi) is 4.65. The quantitative estimate of drug-likeness (QED) is 0.696. The molecule has 0 N–H and O–H groups in total. The topological polar surface area (TPSA) is 77.5 Å². The van der Waals surface area contributed by atoms with Crippen molar-refractivity contribution < 1.29 is 22.7 Å². The van der Waals surface area contributed by atoms with Gasteiger partial charge in [-0.25, -0.2) is 13.2 Å². The highest BCUT2D eigenvalue weighted by molar-refractivity contribution is 7.91. The first-order valence-corrected chi connectivity index (χ1v) is 11.5. The highest BCUT2D eigenvalue weighted by Crippen LogP contribution is 2.60. The number of ether oxygens (including phenoxy) is 1.